The summed E-state index contributed by atoms with van der Waals surface area (Å²) in [6, 6.07) is 5.32. The van der Waals surface area contributed by atoms with Crippen molar-refractivity contribution >= 4 is 15.7 Å². The predicted molar refractivity (Wildman–Crippen MR) is 81.0 cm³/mol. The van der Waals surface area contributed by atoms with Crippen LogP contribution in [0.2, 0.25) is 0 Å². The summed E-state index contributed by atoms with van der Waals surface area (Å²) in [6.45, 7) is 4.65. The van der Waals surface area contributed by atoms with Crippen molar-refractivity contribution in [3.05, 3.63) is 29.3 Å². The fourth-order valence-electron chi connectivity index (χ4n) is 1.61. The Hall–Kier alpha value is -1.55. The quantitative estimate of drug-likeness (QED) is 0.608. The molecule has 0 spiro atoms. The van der Waals surface area contributed by atoms with Gasteiger partial charge in [0, 0.05) is 17.9 Å². The molecule has 110 valence electrons. The molecule has 5 nitrogen and oxygen atoms in total. The van der Waals surface area contributed by atoms with Gasteiger partial charge in [0.15, 0.2) is 0 Å². The molecule has 1 aromatic rings. The van der Waals surface area contributed by atoms with Gasteiger partial charge in [0.2, 0.25) is 10.0 Å². The highest BCUT2D eigenvalue weighted by atomic mass is 32.2. The van der Waals surface area contributed by atoms with Crippen LogP contribution in [0.4, 0.5) is 5.69 Å². The van der Waals surface area contributed by atoms with Crippen LogP contribution in [-0.2, 0) is 14.8 Å². The van der Waals surface area contributed by atoms with E-state index < -0.39 is 10.0 Å². The molecule has 0 aliphatic rings. The van der Waals surface area contributed by atoms with Crippen LogP contribution < -0.4 is 10.5 Å². The van der Waals surface area contributed by atoms with E-state index in [1.807, 2.05) is 19.9 Å². The van der Waals surface area contributed by atoms with E-state index >= 15 is 0 Å². The number of nitrogens with two attached hydrogens (primary N) is 1. The minimum absolute atomic E-state index is 0.0708. The van der Waals surface area contributed by atoms with Gasteiger partial charge in [-0.05, 0) is 37.6 Å². The smallest absolute Gasteiger partial charge is 0.235 e. The van der Waals surface area contributed by atoms with E-state index in [9.17, 15) is 8.42 Å². The second-order valence-corrected chi connectivity index (χ2v) is 6.05. The largest absolute Gasteiger partial charge is 0.381 e. The molecular weight excluding hydrogens is 276 g/mol. The summed E-state index contributed by atoms with van der Waals surface area (Å²) < 4.78 is 31.3. The summed E-state index contributed by atoms with van der Waals surface area (Å²) in [4.78, 5) is 0. The molecule has 3 N–H and O–H groups in total. The summed E-state index contributed by atoms with van der Waals surface area (Å²) >= 11 is 0. The molecule has 0 unspecified atom stereocenters. The third-order valence-corrected chi connectivity index (χ3v) is 3.64. The Morgan fingerprint density at radius 1 is 1.35 bits per heavy atom. The lowest BCUT2D eigenvalue weighted by Gasteiger charge is -2.09. The Morgan fingerprint density at radius 2 is 2.10 bits per heavy atom. The Morgan fingerprint density at radius 3 is 2.75 bits per heavy atom. The summed E-state index contributed by atoms with van der Waals surface area (Å²) in [5.41, 5.74) is 7.49. The second-order valence-electron chi connectivity index (χ2n) is 4.21. The maximum Gasteiger partial charge on any atom is 0.235 e. The molecule has 0 heterocycles. The molecule has 0 amide bonds. The van der Waals surface area contributed by atoms with Gasteiger partial charge in [0.1, 0.15) is 0 Å². The highest BCUT2D eigenvalue weighted by Crippen LogP contribution is 2.15. The summed E-state index contributed by atoms with van der Waals surface area (Å²) in [6.07, 6.45) is 0. The van der Waals surface area contributed by atoms with Gasteiger partial charge in [0.05, 0.1) is 18.9 Å². The molecule has 20 heavy (non-hydrogen) atoms. The van der Waals surface area contributed by atoms with Crippen molar-refractivity contribution in [2.24, 2.45) is 5.73 Å². The molecule has 1 aromatic carbocycles. The van der Waals surface area contributed by atoms with Crippen LogP contribution in [-0.4, -0.2) is 33.9 Å². The van der Waals surface area contributed by atoms with Crippen molar-refractivity contribution in [3.8, 4) is 11.8 Å². The van der Waals surface area contributed by atoms with Gasteiger partial charge in [0.25, 0.3) is 0 Å². The minimum Gasteiger partial charge on any atom is -0.381 e. The number of rotatable bonds is 6. The number of nitrogens with one attached hydrogen (secondary N) is 1. The zero-order valence-corrected chi connectivity index (χ0v) is 12.6. The maximum absolute atomic E-state index is 11.9. The Labute approximate surface area is 120 Å². The Balaban J connectivity index is 2.83. The van der Waals surface area contributed by atoms with Crippen molar-refractivity contribution < 1.29 is 13.2 Å². The first kappa shape index (κ1) is 16.5. The summed E-state index contributed by atoms with van der Waals surface area (Å²) in [5.74, 6) is 5.56. The molecule has 0 aliphatic heterocycles. The normalized spacial score (nSPS) is 10.8. The molecule has 1 rings (SSSR count). The van der Waals surface area contributed by atoms with E-state index in [0.717, 1.165) is 11.1 Å². The van der Waals surface area contributed by atoms with Crippen LogP contribution in [0, 0.1) is 18.8 Å². The lowest BCUT2D eigenvalue weighted by atomic mass is 10.1. The highest BCUT2D eigenvalue weighted by molar-refractivity contribution is 7.92. The van der Waals surface area contributed by atoms with Crippen LogP contribution >= 0.6 is 0 Å². The first-order valence-corrected chi connectivity index (χ1v) is 8.01. The van der Waals surface area contributed by atoms with E-state index in [4.69, 9.17) is 10.5 Å². The number of benzene rings is 1. The van der Waals surface area contributed by atoms with Crippen molar-refractivity contribution in [2.45, 2.75) is 13.8 Å². The molecule has 0 bridgehead atoms. The van der Waals surface area contributed by atoms with Crippen LogP contribution in [0.5, 0.6) is 0 Å². The van der Waals surface area contributed by atoms with Gasteiger partial charge in [-0.3, -0.25) is 4.72 Å². The van der Waals surface area contributed by atoms with Crippen molar-refractivity contribution in [1.29, 1.82) is 0 Å². The topological polar surface area (TPSA) is 81.4 Å². The second kappa shape index (κ2) is 7.90. The van der Waals surface area contributed by atoms with Crippen molar-refractivity contribution in [3.63, 3.8) is 0 Å². The maximum atomic E-state index is 11.9. The van der Waals surface area contributed by atoms with E-state index in [2.05, 4.69) is 16.6 Å². The SMILES string of the molecule is CCOCCS(=O)(=O)Nc1cc(C)cc(C#CCN)c1. The van der Waals surface area contributed by atoms with Crippen LogP contribution in [0.25, 0.3) is 0 Å². The van der Waals surface area contributed by atoms with Gasteiger partial charge in [-0.1, -0.05) is 11.8 Å². The lowest BCUT2D eigenvalue weighted by molar-refractivity contribution is 0.163. The molecule has 6 heteroatoms. The van der Waals surface area contributed by atoms with Gasteiger partial charge < -0.3 is 10.5 Å². The van der Waals surface area contributed by atoms with Crippen LogP contribution in [0.15, 0.2) is 18.2 Å². The van der Waals surface area contributed by atoms with Gasteiger partial charge in [-0.15, -0.1) is 0 Å². The molecular formula is C14H20N2O3S. The Bertz CT molecular complexity index is 601. The van der Waals surface area contributed by atoms with Crippen LogP contribution in [0.1, 0.15) is 18.1 Å². The number of aryl methyl sites for hydroxylation is 1. The number of ether oxygens (including phenoxy) is 1. The fourth-order valence-corrected chi connectivity index (χ4v) is 2.53. The van der Waals surface area contributed by atoms with E-state index in [1.165, 1.54) is 0 Å². The fraction of sp³-hybridized carbons (Fsp3) is 0.429. The number of hydrogen-bond donors (Lipinski definition) is 2. The van der Waals surface area contributed by atoms with Gasteiger partial charge >= 0.3 is 0 Å². The molecule has 0 fully saturated rings. The number of hydrogen-bond acceptors (Lipinski definition) is 4. The first-order valence-electron chi connectivity index (χ1n) is 6.35. The van der Waals surface area contributed by atoms with E-state index in [-0.39, 0.29) is 18.9 Å². The Kier molecular flexibility index (Phi) is 6.52. The zero-order valence-electron chi connectivity index (χ0n) is 11.8. The lowest BCUT2D eigenvalue weighted by Crippen LogP contribution is -2.20. The standard InChI is InChI=1S/C14H20N2O3S/c1-3-19-7-8-20(17,18)16-14-10-12(2)9-13(11-14)5-4-6-15/h9-11,16H,3,6-8,15H2,1-2H3. The number of anilines is 1. The third kappa shape index (κ3) is 6.06. The first-order chi connectivity index (χ1) is 9.46. The average Bonchev–Trinajstić information content (AvgIpc) is 2.35. The zero-order chi connectivity index (χ0) is 15.0. The van der Waals surface area contributed by atoms with E-state index in [0.29, 0.717) is 12.3 Å². The predicted octanol–water partition coefficient (Wildman–Crippen LogP) is 1.08. The summed E-state index contributed by atoms with van der Waals surface area (Å²) in [5, 5.41) is 0. The molecule has 0 radical (unpaired) electrons. The average molecular weight is 296 g/mol. The van der Waals surface area contributed by atoms with Crippen LogP contribution in [0.3, 0.4) is 0 Å². The molecule has 0 saturated heterocycles. The van der Waals surface area contributed by atoms with Crippen molar-refractivity contribution in [2.75, 3.05) is 30.2 Å². The number of sulfonamides is 1. The molecule has 0 saturated carbocycles. The third-order valence-electron chi connectivity index (χ3n) is 2.39. The van der Waals surface area contributed by atoms with Gasteiger partial charge in [-0.2, -0.15) is 0 Å². The molecule has 0 atom stereocenters. The minimum atomic E-state index is -3.41. The highest BCUT2D eigenvalue weighted by Gasteiger charge is 2.10. The van der Waals surface area contributed by atoms with E-state index in [1.54, 1.807) is 12.1 Å². The van der Waals surface area contributed by atoms with Gasteiger partial charge in [-0.25, -0.2) is 8.42 Å². The summed E-state index contributed by atoms with van der Waals surface area (Å²) in [7, 11) is -3.41. The monoisotopic (exact) mass is 296 g/mol. The van der Waals surface area contributed by atoms with Crippen molar-refractivity contribution in [1.82, 2.24) is 0 Å². The molecule has 0 aromatic heterocycles. The molecule has 0 aliphatic carbocycles.